The van der Waals surface area contributed by atoms with E-state index in [-0.39, 0.29) is 5.91 Å². The molecule has 1 amide bonds. The molecule has 0 unspecified atom stereocenters. The molecule has 0 radical (unpaired) electrons. The molecule has 0 aliphatic carbocycles. The Hall–Kier alpha value is -1.32. The lowest BCUT2D eigenvalue weighted by Crippen LogP contribution is -2.16. The van der Waals surface area contributed by atoms with Gasteiger partial charge in [0.2, 0.25) is 0 Å². The molecule has 1 heterocycles. The zero-order valence-electron chi connectivity index (χ0n) is 9.37. The van der Waals surface area contributed by atoms with Gasteiger partial charge < -0.3 is 0 Å². The van der Waals surface area contributed by atoms with Crippen LogP contribution in [-0.2, 0) is 4.79 Å². The molecule has 0 fully saturated rings. The van der Waals surface area contributed by atoms with E-state index in [1.165, 1.54) is 5.01 Å². The molecule has 88 valence electrons. The van der Waals surface area contributed by atoms with Crippen molar-refractivity contribution in [3.63, 3.8) is 0 Å². The molecule has 1 aliphatic heterocycles. The Bertz CT molecular complexity index is 549. The van der Waals surface area contributed by atoms with Crippen molar-refractivity contribution < 1.29 is 4.79 Å². The maximum atomic E-state index is 11.8. The number of carbonyl (C=O) groups is 1. The van der Waals surface area contributed by atoms with Gasteiger partial charge in [0.25, 0.3) is 5.91 Å². The van der Waals surface area contributed by atoms with Crippen molar-refractivity contribution in [1.29, 1.82) is 0 Å². The second kappa shape index (κ2) is 4.51. The van der Waals surface area contributed by atoms with Gasteiger partial charge in [-0.2, -0.15) is 5.10 Å². The van der Waals surface area contributed by atoms with Gasteiger partial charge >= 0.3 is 0 Å². The summed E-state index contributed by atoms with van der Waals surface area (Å²) in [6.07, 6.45) is 1.73. The number of likely N-dealkylation sites (N-methyl/N-ethyl adjacent to an activating group) is 1. The van der Waals surface area contributed by atoms with Gasteiger partial charge in [0.05, 0.1) is 11.3 Å². The number of hydrogen-bond acceptors (Lipinski definition) is 2. The summed E-state index contributed by atoms with van der Waals surface area (Å²) in [5.41, 5.74) is 1.99. The number of hydrogen-bond donors (Lipinski definition) is 0. The quantitative estimate of drug-likeness (QED) is 0.720. The number of rotatable bonds is 1. The van der Waals surface area contributed by atoms with Crippen LogP contribution >= 0.6 is 23.2 Å². The highest BCUT2D eigenvalue weighted by Crippen LogP contribution is 2.25. The van der Waals surface area contributed by atoms with Gasteiger partial charge in [0.1, 0.15) is 0 Å². The lowest BCUT2D eigenvalue weighted by Gasteiger charge is -2.03. The van der Waals surface area contributed by atoms with Gasteiger partial charge in [-0.3, -0.25) is 4.79 Å². The van der Waals surface area contributed by atoms with Crippen LogP contribution in [0, 0.1) is 0 Å². The molecule has 0 saturated heterocycles. The van der Waals surface area contributed by atoms with Crippen LogP contribution in [0.15, 0.2) is 28.9 Å². The second-order valence-corrected chi connectivity index (χ2v) is 4.58. The summed E-state index contributed by atoms with van der Waals surface area (Å²) in [7, 11) is 1.62. The zero-order valence-corrected chi connectivity index (χ0v) is 10.9. The number of nitrogens with zero attached hydrogens (tertiary/aromatic N) is 2. The third-order valence-electron chi connectivity index (χ3n) is 2.48. The second-order valence-electron chi connectivity index (χ2n) is 3.74. The van der Waals surface area contributed by atoms with E-state index in [4.69, 9.17) is 23.2 Å². The monoisotopic (exact) mass is 268 g/mol. The lowest BCUT2D eigenvalue weighted by atomic mass is 10.1. The van der Waals surface area contributed by atoms with Crippen molar-refractivity contribution >= 4 is 40.9 Å². The van der Waals surface area contributed by atoms with Crippen molar-refractivity contribution in [2.75, 3.05) is 7.05 Å². The molecule has 5 heteroatoms. The van der Waals surface area contributed by atoms with Crippen LogP contribution in [0.2, 0.25) is 10.0 Å². The average Bonchev–Trinajstić information content (AvgIpc) is 2.48. The molecule has 17 heavy (non-hydrogen) atoms. The van der Waals surface area contributed by atoms with Crippen molar-refractivity contribution in [3.8, 4) is 0 Å². The molecule has 1 aromatic rings. The maximum absolute atomic E-state index is 11.8. The number of hydrazone groups is 1. The van der Waals surface area contributed by atoms with E-state index < -0.39 is 0 Å². The normalized spacial score (nSPS) is 17.9. The van der Waals surface area contributed by atoms with E-state index in [0.29, 0.717) is 21.3 Å². The molecular weight excluding hydrogens is 259 g/mol. The van der Waals surface area contributed by atoms with E-state index in [1.54, 1.807) is 38.2 Å². The summed E-state index contributed by atoms with van der Waals surface area (Å²) < 4.78 is 0. The number of carbonyl (C=O) groups excluding carboxylic acids is 1. The number of halogens is 2. The Balaban J connectivity index is 2.44. The van der Waals surface area contributed by atoms with E-state index in [9.17, 15) is 4.79 Å². The molecule has 0 bridgehead atoms. The predicted octanol–water partition coefficient (Wildman–Crippen LogP) is 3.22. The van der Waals surface area contributed by atoms with Gasteiger partial charge in [-0.05, 0) is 30.7 Å². The number of amides is 1. The minimum atomic E-state index is -0.131. The van der Waals surface area contributed by atoms with E-state index in [1.807, 2.05) is 0 Å². The minimum absolute atomic E-state index is 0.131. The van der Waals surface area contributed by atoms with Gasteiger partial charge in [-0.1, -0.05) is 29.3 Å². The highest BCUT2D eigenvalue weighted by Gasteiger charge is 2.24. The third kappa shape index (κ3) is 2.35. The first-order chi connectivity index (χ1) is 7.99. The Morgan fingerprint density at radius 2 is 2.06 bits per heavy atom. The Labute approximate surface area is 109 Å². The van der Waals surface area contributed by atoms with Crippen molar-refractivity contribution in [1.82, 2.24) is 5.01 Å². The molecule has 0 aromatic heterocycles. The fourth-order valence-electron chi connectivity index (χ4n) is 1.59. The van der Waals surface area contributed by atoms with Crippen LogP contribution in [0.5, 0.6) is 0 Å². The van der Waals surface area contributed by atoms with Crippen LogP contribution < -0.4 is 0 Å². The molecule has 3 nitrogen and oxygen atoms in total. The van der Waals surface area contributed by atoms with Crippen molar-refractivity contribution in [2.45, 2.75) is 6.92 Å². The standard InChI is InChI=1S/C12H10Cl2N2O/c1-7-10(12(17)16(2)15-7)5-8-3-4-9(13)6-11(8)14/h3-6H,1-2H3. The summed E-state index contributed by atoms with van der Waals surface area (Å²) in [5, 5.41) is 6.45. The third-order valence-corrected chi connectivity index (χ3v) is 3.04. The van der Waals surface area contributed by atoms with Crippen LogP contribution in [-0.4, -0.2) is 23.7 Å². The molecule has 0 spiro atoms. The van der Waals surface area contributed by atoms with Crippen LogP contribution in [0.3, 0.4) is 0 Å². The summed E-state index contributed by atoms with van der Waals surface area (Å²) >= 11 is 11.9. The SMILES string of the molecule is CC1=NN(C)C(=O)C1=Cc1ccc(Cl)cc1Cl. The van der Waals surface area contributed by atoms with Crippen molar-refractivity contribution in [3.05, 3.63) is 39.4 Å². The maximum Gasteiger partial charge on any atom is 0.275 e. The fourth-order valence-corrected chi connectivity index (χ4v) is 2.06. The van der Waals surface area contributed by atoms with E-state index in [2.05, 4.69) is 5.10 Å². The predicted molar refractivity (Wildman–Crippen MR) is 70.3 cm³/mol. The average molecular weight is 269 g/mol. The van der Waals surface area contributed by atoms with Crippen LogP contribution in [0.4, 0.5) is 0 Å². The fraction of sp³-hybridized carbons (Fsp3) is 0.167. The van der Waals surface area contributed by atoms with Gasteiger partial charge in [-0.25, -0.2) is 5.01 Å². The van der Waals surface area contributed by atoms with E-state index >= 15 is 0 Å². The first-order valence-corrected chi connectivity index (χ1v) is 5.75. The highest BCUT2D eigenvalue weighted by molar-refractivity contribution is 6.36. The van der Waals surface area contributed by atoms with Crippen molar-refractivity contribution in [2.24, 2.45) is 5.10 Å². The largest absolute Gasteiger partial charge is 0.275 e. The number of benzene rings is 1. The molecular formula is C12H10Cl2N2O. The van der Waals surface area contributed by atoms with Gasteiger partial charge in [0.15, 0.2) is 0 Å². The van der Waals surface area contributed by atoms with E-state index in [0.717, 1.165) is 5.56 Å². The van der Waals surface area contributed by atoms with Crippen LogP contribution in [0.25, 0.3) is 6.08 Å². The zero-order chi connectivity index (χ0) is 12.6. The molecule has 2 rings (SSSR count). The molecule has 1 aliphatic rings. The summed E-state index contributed by atoms with van der Waals surface area (Å²) in [6.45, 7) is 1.79. The molecule has 0 saturated carbocycles. The molecule has 1 aromatic carbocycles. The van der Waals surface area contributed by atoms with Gasteiger partial charge in [0, 0.05) is 17.1 Å². The highest BCUT2D eigenvalue weighted by atomic mass is 35.5. The summed E-state index contributed by atoms with van der Waals surface area (Å²) in [4.78, 5) is 11.8. The summed E-state index contributed by atoms with van der Waals surface area (Å²) in [6, 6.07) is 5.15. The lowest BCUT2D eigenvalue weighted by molar-refractivity contribution is -0.124. The topological polar surface area (TPSA) is 32.7 Å². The smallest absolute Gasteiger partial charge is 0.267 e. The van der Waals surface area contributed by atoms with Crippen LogP contribution in [0.1, 0.15) is 12.5 Å². The first-order valence-electron chi connectivity index (χ1n) is 4.99. The Morgan fingerprint density at radius 1 is 1.35 bits per heavy atom. The Morgan fingerprint density at radius 3 is 2.59 bits per heavy atom. The molecule has 0 N–H and O–H groups in total. The Kier molecular flexibility index (Phi) is 3.22. The first kappa shape index (κ1) is 12.1. The summed E-state index contributed by atoms with van der Waals surface area (Å²) in [5.74, 6) is -0.131. The molecule has 0 atom stereocenters. The van der Waals surface area contributed by atoms with Gasteiger partial charge in [-0.15, -0.1) is 0 Å². The minimum Gasteiger partial charge on any atom is -0.267 e.